The Morgan fingerprint density at radius 3 is 2.55 bits per heavy atom. The highest BCUT2D eigenvalue weighted by Crippen LogP contribution is 2.28. The summed E-state index contributed by atoms with van der Waals surface area (Å²) in [7, 11) is 0. The van der Waals surface area contributed by atoms with Crippen LogP contribution >= 0.6 is 0 Å². The number of nitriles is 1. The van der Waals surface area contributed by atoms with E-state index < -0.39 is 0 Å². The lowest BCUT2D eigenvalue weighted by atomic mass is 10.1. The quantitative estimate of drug-likeness (QED) is 0.683. The van der Waals surface area contributed by atoms with E-state index in [1.807, 2.05) is 30.3 Å². The molecule has 3 rings (SSSR count). The summed E-state index contributed by atoms with van der Waals surface area (Å²) in [4.78, 5) is 0. The molecule has 0 saturated carbocycles. The third-order valence-electron chi connectivity index (χ3n) is 3.22. The Hall–Kier alpha value is -2.99. The van der Waals surface area contributed by atoms with Crippen molar-refractivity contribution >= 4 is 27.8 Å². The van der Waals surface area contributed by atoms with E-state index in [2.05, 4.69) is 29.6 Å². The predicted octanol–water partition coefficient (Wildman–Crippen LogP) is 4.04. The van der Waals surface area contributed by atoms with E-state index in [4.69, 9.17) is 5.73 Å². The standard InChI is InChI=1S/C17H13N3/c18-11-13-10-14(19)8-9-16(13)20-17-7-3-5-12-4-1-2-6-15(12)17/h1-10,20H,19H2. The van der Waals surface area contributed by atoms with E-state index in [0.717, 1.165) is 22.1 Å². The molecule has 0 unspecified atom stereocenters. The molecular formula is C17H13N3. The van der Waals surface area contributed by atoms with Gasteiger partial charge in [-0.2, -0.15) is 5.26 Å². The van der Waals surface area contributed by atoms with Crippen molar-refractivity contribution in [2.24, 2.45) is 0 Å². The maximum Gasteiger partial charge on any atom is 0.101 e. The van der Waals surface area contributed by atoms with E-state index in [9.17, 15) is 5.26 Å². The van der Waals surface area contributed by atoms with Gasteiger partial charge < -0.3 is 11.1 Å². The van der Waals surface area contributed by atoms with Crippen molar-refractivity contribution in [3.63, 3.8) is 0 Å². The molecule has 0 radical (unpaired) electrons. The van der Waals surface area contributed by atoms with Crippen LogP contribution in [0.1, 0.15) is 5.56 Å². The SMILES string of the molecule is N#Cc1cc(N)ccc1Nc1cccc2ccccc12. The number of nitrogens with one attached hydrogen (secondary N) is 1. The number of nitrogen functional groups attached to an aromatic ring is 1. The van der Waals surface area contributed by atoms with Crippen LogP contribution < -0.4 is 11.1 Å². The van der Waals surface area contributed by atoms with Gasteiger partial charge in [-0.15, -0.1) is 0 Å². The van der Waals surface area contributed by atoms with Crippen molar-refractivity contribution in [1.29, 1.82) is 5.26 Å². The summed E-state index contributed by atoms with van der Waals surface area (Å²) in [5, 5.41) is 14.8. The summed E-state index contributed by atoms with van der Waals surface area (Å²) in [5.74, 6) is 0. The lowest BCUT2D eigenvalue weighted by Crippen LogP contribution is -1.96. The minimum atomic E-state index is 0.540. The normalized spacial score (nSPS) is 10.2. The molecule has 0 saturated heterocycles. The number of anilines is 3. The Labute approximate surface area is 117 Å². The first kappa shape index (κ1) is 12.1. The molecule has 0 atom stereocenters. The maximum absolute atomic E-state index is 9.19. The second-order valence-corrected chi connectivity index (χ2v) is 4.57. The number of nitrogens with two attached hydrogens (primary N) is 1. The minimum absolute atomic E-state index is 0.540. The van der Waals surface area contributed by atoms with Gasteiger partial charge in [0, 0.05) is 16.8 Å². The van der Waals surface area contributed by atoms with Crippen LogP contribution in [-0.2, 0) is 0 Å². The van der Waals surface area contributed by atoms with E-state index in [1.54, 1.807) is 12.1 Å². The van der Waals surface area contributed by atoms with Crippen molar-refractivity contribution in [3.8, 4) is 6.07 Å². The third-order valence-corrected chi connectivity index (χ3v) is 3.22. The van der Waals surface area contributed by atoms with Gasteiger partial charge >= 0.3 is 0 Å². The highest BCUT2D eigenvalue weighted by molar-refractivity contribution is 5.95. The van der Waals surface area contributed by atoms with Gasteiger partial charge in [0.15, 0.2) is 0 Å². The molecule has 0 amide bonds. The summed E-state index contributed by atoms with van der Waals surface area (Å²) in [6.45, 7) is 0. The van der Waals surface area contributed by atoms with E-state index >= 15 is 0 Å². The van der Waals surface area contributed by atoms with Gasteiger partial charge in [0.2, 0.25) is 0 Å². The highest BCUT2D eigenvalue weighted by Gasteiger charge is 2.05. The summed E-state index contributed by atoms with van der Waals surface area (Å²) >= 11 is 0. The van der Waals surface area contributed by atoms with Gasteiger partial charge in [-0.25, -0.2) is 0 Å². The molecule has 96 valence electrons. The molecular weight excluding hydrogens is 246 g/mol. The highest BCUT2D eigenvalue weighted by atomic mass is 14.9. The summed E-state index contributed by atoms with van der Waals surface area (Å²) in [6.07, 6.45) is 0. The fourth-order valence-electron chi connectivity index (χ4n) is 2.24. The molecule has 3 heteroatoms. The van der Waals surface area contributed by atoms with Crippen LogP contribution in [0.25, 0.3) is 10.8 Å². The van der Waals surface area contributed by atoms with E-state index in [0.29, 0.717) is 11.3 Å². The van der Waals surface area contributed by atoms with E-state index in [1.165, 1.54) is 0 Å². The molecule has 0 spiro atoms. The Kier molecular flexibility index (Phi) is 2.98. The lowest BCUT2D eigenvalue weighted by molar-refractivity contribution is 1.47. The Morgan fingerprint density at radius 1 is 0.900 bits per heavy atom. The number of rotatable bonds is 2. The number of hydrogen-bond donors (Lipinski definition) is 2. The lowest BCUT2D eigenvalue weighted by Gasteiger charge is -2.11. The van der Waals surface area contributed by atoms with Crippen LogP contribution in [0.5, 0.6) is 0 Å². The molecule has 3 nitrogen and oxygen atoms in total. The molecule has 0 aliphatic carbocycles. The number of hydrogen-bond acceptors (Lipinski definition) is 3. The van der Waals surface area contributed by atoms with Crippen LogP contribution in [-0.4, -0.2) is 0 Å². The van der Waals surface area contributed by atoms with Crippen molar-refractivity contribution in [2.45, 2.75) is 0 Å². The molecule has 3 aromatic carbocycles. The molecule has 0 bridgehead atoms. The zero-order valence-electron chi connectivity index (χ0n) is 10.8. The second-order valence-electron chi connectivity index (χ2n) is 4.57. The zero-order chi connectivity index (χ0) is 13.9. The fourth-order valence-corrected chi connectivity index (χ4v) is 2.24. The van der Waals surface area contributed by atoms with Crippen molar-refractivity contribution in [3.05, 3.63) is 66.2 Å². The molecule has 0 aliphatic rings. The van der Waals surface area contributed by atoms with Crippen LogP contribution in [0.15, 0.2) is 60.7 Å². The second kappa shape index (κ2) is 4.94. The topological polar surface area (TPSA) is 61.8 Å². The molecule has 0 aromatic heterocycles. The van der Waals surface area contributed by atoms with Gasteiger partial charge in [0.25, 0.3) is 0 Å². The van der Waals surface area contributed by atoms with Gasteiger partial charge in [0.1, 0.15) is 6.07 Å². The molecule has 0 fully saturated rings. The monoisotopic (exact) mass is 259 g/mol. The van der Waals surface area contributed by atoms with Crippen LogP contribution in [0.2, 0.25) is 0 Å². The van der Waals surface area contributed by atoms with Crippen molar-refractivity contribution < 1.29 is 0 Å². The number of fused-ring (bicyclic) bond motifs is 1. The summed E-state index contributed by atoms with van der Waals surface area (Å²) in [5.41, 5.74) is 8.57. The average molecular weight is 259 g/mol. The van der Waals surface area contributed by atoms with Gasteiger partial charge in [-0.3, -0.25) is 0 Å². The average Bonchev–Trinajstić information content (AvgIpc) is 2.49. The number of benzene rings is 3. The molecule has 3 N–H and O–H groups in total. The van der Waals surface area contributed by atoms with Gasteiger partial charge in [-0.05, 0) is 29.7 Å². The maximum atomic E-state index is 9.19. The van der Waals surface area contributed by atoms with Gasteiger partial charge in [-0.1, -0.05) is 36.4 Å². The van der Waals surface area contributed by atoms with Crippen LogP contribution in [0, 0.1) is 11.3 Å². The third kappa shape index (κ3) is 2.15. The predicted molar refractivity (Wildman–Crippen MR) is 82.8 cm³/mol. The smallest absolute Gasteiger partial charge is 0.101 e. The first-order valence-electron chi connectivity index (χ1n) is 6.32. The number of nitrogens with zero attached hydrogens (tertiary/aromatic N) is 1. The fraction of sp³-hybridized carbons (Fsp3) is 0. The van der Waals surface area contributed by atoms with Crippen molar-refractivity contribution in [2.75, 3.05) is 11.1 Å². The van der Waals surface area contributed by atoms with Crippen LogP contribution in [0.4, 0.5) is 17.1 Å². The summed E-state index contributed by atoms with van der Waals surface area (Å²) in [6, 6.07) is 21.6. The molecule has 0 heterocycles. The Morgan fingerprint density at radius 2 is 1.70 bits per heavy atom. The molecule has 3 aromatic rings. The largest absolute Gasteiger partial charge is 0.399 e. The van der Waals surface area contributed by atoms with Gasteiger partial charge in [0.05, 0.1) is 11.3 Å². The first-order valence-corrected chi connectivity index (χ1v) is 6.32. The molecule has 0 aliphatic heterocycles. The Bertz CT molecular complexity index is 811. The van der Waals surface area contributed by atoms with Crippen molar-refractivity contribution in [1.82, 2.24) is 0 Å². The first-order chi connectivity index (χ1) is 9.78. The Balaban J connectivity index is 2.08. The van der Waals surface area contributed by atoms with Crippen LogP contribution in [0.3, 0.4) is 0 Å². The van der Waals surface area contributed by atoms with E-state index in [-0.39, 0.29) is 0 Å². The minimum Gasteiger partial charge on any atom is -0.399 e. The molecule has 20 heavy (non-hydrogen) atoms. The summed E-state index contributed by atoms with van der Waals surface area (Å²) < 4.78 is 0. The zero-order valence-corrected chi connectivity index (χ0v) is 10.8.